The van der Waals surface area contributed by atoms with Crippen molar-refractivity contribution in [1.82, 2.24) is 10.2 Å². The molecule has 1 aliphatic rings. The molecule has 0 aromatic rings. The Kier molecular flexibility index (Phi) is 7.82. The Balaban J connectivity index is 2.01. The van der Waals surface area contributed by atoms with Crippen LogP contribution in [0.4, 0.5) is 0 Å². The molecule has 0 radical (unpaired) electrons. The second kappa shape index (κ2) is 9.11. The third kappa shape index (κ3) is 6.51. The highest BCUT2D eigenvalue weighted by molar-refractivity contribution is 5.80. The number of piperidine rings is 1. The summed E-state index contributed by atoms with van der Waals surface area (Å²) in [6.07, 6.45) is 5.58. The lowest BCUT2D eigenvalue weighted by Crippen LogP contribution is -2.39. The zero-order valence-electron chi connectivity index (χ0n) is 13.3. The van der Waals surface area contributed by atoms with E-state index in [-0.39, 0.29) is 17.7 Å². The van der Waals surface area contributed by atoms with E-state index in [9.17, 15) is 9.59 Å². The molecular formula is C16H30N2O2. The monoisotopic (exact) mass is 282 g/mol. The molecule has 0 aliphatic carbocycles. The van der Waals surface area contributed by atoms with Gasteiger partial charge in [0.15, 0.2) is 0 Å². The molecule has 0 aromatic heterocycles. The van der Waals surface area contributed by atoms with Crippen LogP contribution in [0, 0.1) is 11.8 Å². The van der Waals surface area contributed by atoms with E-state index in [0.29, 0.717) is 12.2 Å². The normalized spacial score (nSPS) is 17.4. The van der Waals surface area contributed by atoms with Crippen LogP contribution in [0.2, 0.25) is 0 Å². The molecule has 0 atom stereocenters. The highest BCUT2D eigenvalue weighted by Gasteiger charge is 2.22. The smallest absolute Gasteiger partial charge is 0.223 e. The van der Waals surface area contributed by atoms with Gasteiger partial charge < -0.3 is 10.2 Å². The number of ketones is 1. The van der Waals surface area contributed by atoms with Gasteiger partial charge in [-0.05, 0) is 45.8 Å². The first-order valence-corrected chi connectivity index (χ1v) is 7.99. The van der Waals surface area contributed by atoms with Gasteiger partial charge in [0.1, 0.15) is 5.78 Å². The molecule has 1 aliphatic heterocycles. The molecule has 20 heavy (non-hydrogen) atoms. The van der Waals surface area contributed by atoms with Crippen LogP contribution in [-0.4, -0.2) is 43.3 Å². The van der Waals surface area contributed by atoms with E-state index in [1.54, 1.807) is 0 Å². The number of Topliss-reactive ketones (excluding diaryl/α,β-unsaturated/α-hetero) is 1. The predicted octanol–water partition coefficient (Wildman–Crippen LogP) is 2.23. The van der Waals surface area contributed by atoms with Crippen molar-refractivity contribution in [3.05, 3.63) is 0 Å². The second-order valence-electron chi connectivity index (χ2n) is 6.30. The Hall–Kier alpha value is -0.900. The number of hydrogen-bond acceptors (Lipinski definition) is 3. The summed E-state index contributed by atoms with van der Waals surface area (Å²) >= 11 is 0. The van der Waals surface area contributed by atoms with Crippen LogP contribution in [-0.2, 0) is 9.59 Å². The molecule has 0 saturated carbocycles. The van der Waals surface area contributed by atoms with Crippen molar-refractivity contribution in [3.8, 4) is 0 Å². The van der Waals surface area contributed by atoms with Gasteiger partial charge in [-0.3, -0.25) is 9.59 Å². The first kappa shape index (κ1) is 17.2. The molecule has 1 amide bonds. The molecule has 1 N–H and O–H groups in total. The highest BCUT2D eigenvalue weighted by atomic mass is 16.2. The molecule has 116 valence electrons. The van der Waals surface area contributed by atoms with Crippen LogP contribution in [0.25, 0.3) is 0 Å². The van der Waals surface area contributed by atoms with Gasteiger partial charge in [-0.2, -0.15) is 0 Å². The number of unbranched alkanes of at least 4 members (excludes halogenated alkanes) is 2. The average molecular weight is 282 g/mol. The van der Waals surface area contributed by atoms with Crippen molar-refractivity contribution in [2.24, 2.45) is 11.8 Å². The van der Waals surface area contributed by atoms with Crippen molar-refractivity contribution in [3.63, 3.8) is 0 Å². The molecule has 1 saturated heterocycles. The summed E-state index contributed by atoms with van der Waals surface area (Å²) < 4.78 is 0. The molecule has 0 unspecified atom stereocenters. The van der Waals surface area contributed by atoms with Gasteiger partial charge in [-0.1, -0.05) is 20.3 Å². The fraction of sp³-hybridized carbons (Fsp3) is 0.875. The van der Waals surface area contributed by atoms with E-state index in [1.807, 2.05) is 13.8 Å². The molecule has 0 aromatic carbocycles. The fourth-order valence-corrected chi connectivity index (χ4v) is 2.52. The minimum atomic E-state index is 0.152. The van der Waals surface area contributed by atoms with E-state index in [0.717, 1.165) is 51.7 Å². The molecule has 1 rings (SSSR count). The molecule has 0 spiro atoms. The summed E-state index contributed by atoms with van der Waals surface area (Å²) in [5.41, 5.74) is 0. The lowest BCUT2D eigenvalue weighted by molar-refractivity contribution is -0.126. The molecule has 4 nitrogen and oxygen atoms in total. The number of nitrogens with zero attached hydrogens (tertiary/aromatic N) is 1. The second-order valence-corrected chi connectivity index (χ2v) is 6.30. The standard InChI is InChI=1S/C16H30N2O2/c1-13(2)15(19)7-5-4-6-10-17-16(20)14-8-11-18(3)12-9-14/h13-14H,4-12H2,1-3H3,(H,17,20). The Morgan fingerprint density at radius 2 is 1.80 bits per heavy atom. The number of carbonyl (C=O) groups excluding carboxylic acids is 2. The van der Waals surface area contributed by atoms with Gasteiger partial charge in [-0.15, -0.1) is 0 Å². The zero-order chi connectivity index (χ0) is 15.0. The number of carbonyl (C=O) groups is 2. The van der Waals surface area contributed by atoms with Crippen molar-refractivity contribution in [2.45, 2.75) is 52.4 Å². The summed E-state index contributed by atoms with van der Waals surface area (Å²) in [5.74, 6) is 0.921. The number of likely N-dealkylation sites (tertiary alicyclic amines) is 1. The van der Waals surface area contributed by atoms with Crippen LogP contribution in [0.1, 0.15) is 52.4 Å². The summed E-state index contributed by atoms with van der Waals surface area (Å²) in [6.45, 7) is 6.69. The first-order valence-electron chi connectivity index (χ1n) is 7.99. The van der Waals surface area contributed by atoms with Gasteiger partial charge in [0, 0.05) is 24.8 Å². The number of rotatable bonds is 8. The SMILES string of the molecule is CC(C)C(=O)CCCCCNC(=O)C1CCN(C)CC1. The largest absolute Gasteiger partial charge is 0.356 e. The number of amides is 1. The third-order valence-electron chi connectivity index (χ3n) is 4.13. The van der Waals surface area contributed by atoms with Crippen molar-refractivity contribution in [2.75, 3.05) is 26.7 Å². The van der Waals surface area contributed by atoms with E-state index >= 15 is 0 Å². The Morgan fingerprint density at radius 3 is 2.40 bits per heavy atom. The Bertz CT molecular complexity index is 308. The molecule has 0 bridgehead atoms. The van der Waals surface area contributed by atoms with Crippen LogP contribution < -0.4 is 5.32 Å². The van der Waals surface area contributed by atoms with Gasteiger partial charge in [-0.25, -0.2) is 0 Å². The van der Waals surface area contributed by atoms with Gasteiger partial charge in [0.25, 0.3) is 0 Å². The zero-order valence-corrected chi connectivity index (χ0v) is 13.3. The van der Waals surface area contributed by atoms with Crippen LogP contribution in [0.3, 0.4) is 0 Å². The van der Waals surface area contributed by atoms with Gasteiger partial charge >= 0.3 is 0 Å². The van der Waals surface area contributed by atoms with Gasteiger partial charge in [0.05, 0.1) is 0 Å². The maximum Gasteiger partial charge on any atom is 0.223 e. The van der Waals surface area contributed by atoms with Gasteiger partial charge in [0.2, 0.25) is 5.91 Å². The van der Waals surface area contributed by atoms with E-state index < -0.39 is 0 Å². The number of nitrogens with one attached hydrogen (secondary N) is 1. The quantitative estimate of drug-likeness (QED) is 0.695. The predicted molar refractivity (Wildman–Crippen MR) is 81.5 cm³/mol. The Labute approximate surface area is 123 Å². The first-order chi connectivity index (χ1) is 9.50. The van der Waals surface area contributed by atoms with E-state index in [1.165, 1.54) is 0 Å². The minimum absolute atomic E-state index is 0.152. The molecule has 1 heterocycles. The van der Waals surface area contributed by atoms with Crippen molar-refractivity contribution < 1.29 is 9.59 Å². The maximum atomic E-state index is 12.0. The topological polar surface area (TPSA) is 49.4 Å². The maximum absolute atomic E-state index is 12.0. The fourth-order valence-electron chi connectivity index (χ4n) is 2.52. The lowest BCUT2D eigenvalue weighted by Gasteiger charge is -2.28. The summed E-state index contributed by atoms with van der Waals surface area (Å²) in [5, 5.41) is 3.04. The minimum Gasteiger partial charge on any atom is -0.356 e. The molecular weight excluding hydrogens is 252 g/mol. The van der Waals surface area contributed by atoms with Crippen molar-refractivity contribution in [1.29, 1.82) is 0 Å². The van der Waals surface area contributed by atoms with Crippen LogP contribution in [0.15, 0.2) is 0 Å². The third-order valence-corrected chi connectivity index (χ3v) is 4.13. The van der Waals surface area contributed by atoms with Crippen molar-refractivity contribution >= 4 is 11.7 Å². The molecule has 4 heteroatoms. The average Bonchev–Trinajstić information content (AvgIpc) is 2.42. The van der Waals surface area contributed by atoms with E-state index in [4.69, 9.17) is 0 Å². The summed E-state index contributed by atoms with van der Waals surface area (Å²) in [7, 11) is 2.10. The summed E-state index contributed by atoms with van der Waals surface area (Å²) in [6, 6.07) is 0. The van der Waals surface area contributed by atoms with Crippen LogP contribution >= 0.6 is 0 Å². The lowest BCUT2D eigenvalue weighted by atomic mass is 9.96. The Morgan fingerprint density at radius 1 is 1.15 bits per heavy atom. The number of hydrogen-bond donors (Lipinski definition) is 1. The highest BCUT2D eigenvalue weighted by Crippen LogP contribution is 2.15. The molecule has 1 fully saturated rings. The van der Waals surface area contributed by atoms with Crippen LogP contribution in [0.5, 0.6) is 0 Å². The summed E-state index contributed by atoms with van der Waals surface area (Å²) in [4.78, 5) is 25.7. The van der Waals surface area contributed by atoms with E-state index in [2.05, 4.69) is 17.3 Å².